The van der Waals surface area contributed by atoms with Crippen LogP contribution in [0.1, 0.15) is 45.4 Å². The number of nitrogens with zero attached hydrogens (tertiary/aromatic N) is 2. The van der Waals surface area contributed by atoms with Gasteiger partial charge in [-0.3, -0.25) is 14.7 Å². The molecule has 0 bridgehead atoms. The Labute approximate surface area is 106 Å². The van der Waals surface area contributed by atoms with Gasteiger partial charge in [0.1, 0.15) is 0 Å². The SMILES string of the molecule is CCC(=O)N1Cc2c(NC(C)=O)n[nH]c2C1(C)C. The highest BCUT2D eigenvalue weighted by atomic mass is 16.2. The second-order valence-corrected chi connectivity index (χ2v) is 5.00. The number of rotatable bonds is 2. The first-order chi connectivity index (χ1) is 8.37. The van der Waals surface area contributed by atoms with E-state index in [4.69, 9.17) is 0 Å². The number of carbonyl (C=O) groups excluding carboxylic acids is 2. The van der Waals surface area contributed by atoms with Crippen LogP contribution in [0.25, 0.3) is 0 Å². The molecule has 2 rings (SSSR count). The molecule has 1 aromatic heterocycles. The summed E-state index contributed by atoms with van der Waals surface area (Å²) >= 11 is 0. The Balaban J connectivity index is 2.37. The quantitative estimate of drug-likeness (QED) is 0.831. The molecule has 0 saturated carbocycles. The maximum atomic E-state index is 11.9. The summed E-state index contributed by atoms with van der Waals surface area (Å²) in [7, 11) is 0. The fraction of sp³-hybridized carbons (Fsp3) is 0.583. The summed E-state index contributed by atoms with van der Waals surface area (Å²) in [5.41, 5.74) is 1.39. The van der Waals surface area contributed by atoms with Gasteiger partial charge in [-0.15, -0.1) is 0 Å². The van der Waals surface area contributed by atoms with Gasteiger partial charge in [0.25, 0.3) is 0 Å². The van der Waals surface area contributed by atoms with Crippen molar-refractivity contribution in [1.82, 2.24) is 15.1 Å². The lowest BCUT2D eigenvalue weighted by molar-refractivity contribution is -0.136. The van der Waals surface area contributed by atoms with Gasteiger partial charge in [0.2, 0.25) is 11.8 Å². The van der Waals surface area contributed by atoms with Gasteiger partial charge >= 0.3 is 0 Å². The van der Waals surface area contributed by atoms with Crippen molar-refractivity contribution in [2.45, 2.75) is 46.2 Å². The number of aromatic amines is 1. The fourth-order valence-corrected chi connectivity index (χ4v) is 2.38. The van der Waals surface area contributed by atoms with Crippen LogP contribution < -0.4 is 5.32 Å². The molecule has 6 nitrogen and oxygen atoms in total. The second-order valence-electron chi connectivity index (χ2n) is 5.00. The van der Waals surface area contributed by atoms with Gasteiger partial charge in [-0.05, 0) is 13.8 Å². The predicted molar refractivity (Wildman–Crippen MR) is 66.8 cm³/mol. The topological polar surface area (TPSA) is 78.1 Å². The zero-order valence-corrected chi connectivity index (χ0v) is 11.1. The van der Waals surface area contributed by atoms with Gasteiger partial charge in [0.05, 0.1) is 17.8 Å². The first-order valence-corrected chi connectivity index (χ1v) is 6.03. The Bertz CT molecular complexity index is 504. The summed E-state index contributed by atoms with van der Waals surface area (Å²) in [5.74, 6) is 0.456. The maximum absolute atomic E-state index is 11.9. The van der Waals surface area contributed by atoms with Crippen molar-refractivity contribution in [3.8, 4) is 0 Å². The first-order valence-electron chi connectivity index (χ1n) is 6.03. The number of aromatic nitrogens is 2. The van der Waals surface area contributed by atoms with E-state index < -0.39 is 5.54 Å². The van der Waals surface area contributed by atoms with E-state index in [-0.39, 0.29) is 11.8 Å². The molecule has 0 unspecified atom stereocenters. The summed E-state index contributed by atoms with van der Waals surface area (Å²) in [6.45, 7) is 7.72. The number of carbonyl (C=O) groups is 2. The summed E-state index contributed by atoms with van der Waals surface area (Å²) in [4.78, 5) is 24.8. The van der Waals surface area contributed by atoms with Crippen molar-refractivity contribution in [1.29, 1.82) is 0 Å². The molecule has 0 spiro atoms. The Morgan fingerprint density at radius 3 is 2.72 bits per heavy atom. The van der Waals surface area contributed by atoms with Crippen molar-refractivity contribution in [2.75, 3.05) is 5.32 Å². The molecule has 6 heteroatoms. The van der Waals surface area contributed by atoms with E-state index in [9.17, 15) is 9.59 Å². The average Bonchev–Trinajstić information content (AvgIpc) is 2.78. The minimum absolute atomic E-state index is 0.0957. The fourth-order valence-electron chi connectivity index (χ4n) is 2.38. The highest BCUT2D eigenvalue weighted by Crippen LogP contribution is 2.40. The van der Waals surface area contributed by atoms with Gasteiger partial charge in [-0.2, -0.15) is 5.10 Å². The Hall–Kier alpha value is -1.85. The van der Waals surface area contributed by atoms with Crippen LogP contribution in [0.4, 0.5) is 5.82 Å². The van der Waals surface area contributed by atoms with Crippen LogP contribution in [-0.4, -0.2) is 26.9 Å². The number of anilines is 1. The molecule has 1 aliphatic heterocycles. The molecule has 0 aromatic carbocycles. The van der Waals surface area contributed by atoms with Crippen LogP contribution in [0.5, 0.6) is 0 Å². The van der Waals surface area contributed by atoms with Gasteiger partial charge < -0.3 is 10.2 Å². The molecule has 0 radical (unpaired) electrons. The molecule has 1 aromatic rings. The third-order valence-electron chi connectivity index (χ3n) is 3.37. The molecule has 98 valence electrons. The van der Waals surface area contributed by atoms with Gasteiger partial charge in [-0.25, -0.2) is 0 Å². The smallest absolute Gasteiger partial charge is 0.223 e. The van der Waals surface area contributed by atoms with Gasteiger partial charge in [-0.1, -0.05) is 6.92 Å². The monoisotopic (exact) mass is 250 g/mol. The lowest BCUT2D eigenvalue weighted by atomic mass is 10.0. The zero-order valence-electron chi connectivity index (χ0n) is 11.1. The molecule has 0 saturated heterocycles. The van der Waals surface area contributed by atoms with Crippen molar-refractivity contribution in [3.05, 3.63) is 11.3 Å². The van der Waals surface area contributed by atoms with Crippen molar-refractivity contribution >= 4 is 17.6 Å². The van der Waals surface area contributed by atoms with E-state index in [0.29, 0.717) is 18.8 Å². The minimum Gasteiger partial charge on any atom is -0.327 e. The van der Waals surface area contributed by atoms with Crippen molar-refractivity contribution in [2.24, 2.45) is 0 Å². The van der Waals surface area contributed by atoms with E-state index in [0.717, 1.165) is 11.3 Å². The van der Waals surface area contributed by atoms with Crippen molar-refractivity contribution < 1.29 is 9.59 Å². The molecule has 0 atom stereocenters. The number of H-pyrrole nitrogens is 1. The third-order valence-corrected chi connectivity index (χ3v) is 3.37. The second kappa shape index (κ2) is 4.12. The molecule has 18 heavy (non-hydrogen) atoms. The normalized spacial score (nSPS) is 16.6. The van der Waals surface area contributed by atoms with Gasteiger partial charge in [0, 0.05) is 18.9 Å². The molecule has 0 aliphatic carbocycles. The van der Waals surface area contributed by atoms with Crippen LogP contribution in [0.3, 0.4) is 0 Å². The number of fused-ring (bicyclic) bond motifs is 1. The zero-order chi connectivity index (χ0) is 13.5. The summed E-state index contributed by atoms with van der Waals surface area (Å²) in [6, 6.07) is 0. The largest absolute Gasteiger partial charge is 0.327 e. The standard InChI is InChI=1S/C12H18N4O2/c1-5-9(18)16-6-8-10(12(16,3)4)14-15-11(8)13-7(2)17/h5-6H2,1-4H3,(H2,13,14,15,17). The summed E-state index contributed by atoms with van der Waals surface area (Å²) < 4.78 is 0. The minimum atomic E-state index is -0.411. The number of nitrogens with one attached hydrogen (secondary N) is 2. The predicted octanol–water partition coefficient (Wildman–Crippen LogP) is 1.36. The van der Waals surface area contributed by atoms with E-state index in [2.05, 4.69) is 15.5 Å². The van der Waals surface area contributed by atoms with E-state index in [1.165, 1.54) is 6.92 Å². The molecule has 2 N–H and O–H groups in total. The van der Waals surface area contributed by atoms with Crippen LogP contribution in [0, 0.1) is 0 Å². The molecule has 0 fully saturated rings. The summed E-state index contributed by atoms with van der Waals surface area (Å²) in [5, 5.41) is 9.71. The number of amides is 2. The lowest BCUT2D eigenvalue weighted by Crippen LogP contribution is -2.40. The molecule has 2 amide bonds. The maximum Gasteiger partial charge on any atom is 0.223 e. The Kier molecular flexibility index (Phi) is 2.88. The van der Waals surface area contributed by atoms with Crippen LogP contribution in [-0.2, 0) is 21.7 Å². The molecule has 1 aliphatic rings. The van der Waals surface area contributed by atoms with Crippen LogP contribution in [0.2, 0.25) is 0 Å². The first kappa shape index (κ1) is 12.6. The van der Waals surface area contributed by atoms with E-state index in [1.807, 2.05) is 20.8 Å². The van der Waals surface area contributed by atoms with Crippen molar-refractivity contribution in [3.63, 3.8) is 0 Å². The van der Waals surface area contributed by atoms with Crippen LogP contribution in [0.15, 0.2) is 0 Å². The van der Waals surface area contributed by atoms with Gasteiger partial charge in [0.15, 0.2) is 5.82 Å². The van der Waals surface area contributed by atoms with E-state index in [1.54, 1.807) is 4.90 Å². The molecule has 2 heterocycles. The number of hydrogen-bond donors (Lipinski definition) is 2. The summed E-state index contributed by atoms with van der Waals surface area (Å²) in [6.07, 6.45) is 0.469. The molecular formula is C12H18N4O2. The number of hydrogen-bond acceptors (Lipinski definition) is 3. The molecular weight excluding hydrogens is 232 g/mol. The van der Waals surface area contributed by atoms with E-state index >= 15 is 0 Å². The highest BCUT2D eigenvalue weighted by Gasteiger charge is 2.43. The highest BCUT2D eigenvalue weighted by molar-refractivity contribution is 5.89. The average molecular weight is 250 g/mol. The Morgan fingerprint density at radius 1 is 1.50 bits per heavy atom. The Morgan fingerprint density at radius 2 is 2.17 bits per heavy atom. The lowest BCUT2D eigenvalue weighted by Gasteiger charge is -2.31. The third kappa shape index (κ3) is 1.77. The van der Waals surface area contributed by atoms with Crippen LogP contribution >= 0.6 is 0 Å².